The van der Waals surface area contributed by atoms with Gasteiger partial charge in [-0.1, -0.05) is 13.5 Å². The van der Waals surface area contributed by atoms with Crippen LogP contribution in [0.3, 0.4) is 0 Å². The lowest BCUT2D eigenvalue weighted by Gasteiger charge is -1.97. The van der Waals surface area contributed by atoms with Gasteiger partial charge in [0.2, 0.25) is 5.91 Å². The molecule has 0 aromatic carbocycles. The van der Waals surface area contributed by atoms with Gasteiger partial charge in [-0.2, -0.15) is 0 Å². The second-order valence-electron chi connectivity index (χ2n) is 1.85. The van der Waals surface area contributed by atoms with Gasteiger partial charge in [-0.15, -0.1) is 0 Å². The van der Waals surface area contributed by atoms with Crippen molar-refractivity contribution in [3.8, 4) is 0 Å². The van der Waals surface area contributed by atoms with Crippen LogP contribution in [0, 0.1) is 0 Å². The first-order valence-corrected chi connectivity index (χ1v) is 3.29. The van der Waals surface area contributed by atoms with E-state index in [-0.39, 0.29) is 6.61 Å². The molecule has 0 heterocycles. The number of amides is 1. The molecular weight excluding hydrogens is 146 g/mol. The SMILES string of the molecule is C=CC(N)=O.CCC(O)CO. The van der Waals surface area contributed by atoms with Gasteiger partial charge in [-0.25, -0.2) is 0 Å². The van der Waals surface area contributed by atoms with Gasteiger partial charge >= 0.3 is 0 Å². The third-order valence-corrected chi connectivity index (χ3v) is 0.883. The maximum atomic E-state index is 9.47. The van der Waals surface area contributed by atoms with Crippen LogP contribution in [0.1, 0.15) is 13.3 Å². The van der Waals surface area contributed by atoms with E-state index in [1.807, 2.05) is 6.92 Å². The fourth-order valence-electron chi connectivity index (χ4n) is 0.129. The molecule has 0 aliphatic heterocycles. The van der Waals surface area contributed by atoms with E-state index in [4.69, 9.17) is 10.2 Å². The average Bonchev–Trinajstić information content (AvgIpc) is 2.04. The monoisotopic (exact) mass is 161 g/mol. The van der Waals surface area contributed by atoms with E-state index in [2.05, 4.69) is 12.3 Å². The number of nitrogens with two attached hydrogens (primary N) is 1. The van der Waals surface area contributed by atoms with Crippen LogP contribution in [0.25, 0.3) is 0 Å². The Morgan fingerprint density at radius 2 is 2.18 bits per heavy atom. The molecule has 1 amide bonds. The summed E-state index contributed by atoms with van der Waals surface area (Å²) in [4.78, 5) is 9.47. The molecule has 0 aliphatic rings. The third-order valence-electron chi connectivity index (χ3n) is 0.883. The number of hydrogen-bond acceptors (Lipinski definition) is 3. The molecule has 4 N–H and O–H groups in total. The van der Waals surface area contributed by atoms with Gasteiger partial charge in [0.05, 0.1) is 12.7 Å². The lowest BCUT2D eigenvalue weighted by molar-refractivity contribution is -0.113. The highest BCUT2D eigenvalue weighted by atomic mass is 16.3. The highest BCUT2D eigenvalue weighted by Gasteiger charge is 1.92. The first-order chi connectivity index (χ1) is 5.08. The Balaban J connectivity index is 0. The van der Waals surface area contributed by atoms with Crippen LogP contribution in [0.4, 0.5) is 0 Å². The van der Waals surface area contributed by atoms with Crippen molar-refractivity contribution in [1.82, 2.24) is 0 Å². The van der Waals surface area contributed by atoms with E-state index in [0.717, 1.165) is 6.08 Å². The number of rotatable bonds is 3. The number of aliphatic hydroxyl groups excluding tert-OH is 2. The predicted molar refractivity (Wildman–Crippen MR) is 42.8 cm³/mol. The van der Waals surface area contributed by atoms with Crippen molar-refractivity contribution in [3.05, 3.63) is 12.7 Å². The molecule has 11 heavy (non-hydrogen) atoms. The largest absolute Gasteiger partial charge is 0.394 e. The van der Waals surface area contributed by atoms with E-state index in [9.17, 15) is 4.79 Å². The number of hydrogen-bond donors (Lipinski definition) is 3. The van der Waals surface area contributed by atoms with E-state index < -0.39 is 12.0 Å². The Morgan fingerprint density at radius 1 is 1.82 bits per heavy atom. The molecule has 0 radical (unpaired) electrons. The smallest absolute Gasteiger partial charge is 0.240 e. The highest BCUT2D eigenvalue weighted by molar-refractivity contribution is 5.84. The lowest BCUT2D eigenvalue weighted by Crippen LogP contribution is -2.08. The number of carbonyl (C=O) groups excluding carboxylic acids is 1. The maximum Gasteiger partial charge on any atom is 0.240 e. The fourth-order valence-corrected chi connectivity index (χ4v) is 0.129. The molecule has 0 aliphatic carbocycles. The van der Waals surface area contributed by atoms with Crippen LogP contribution in [0.2, 0.25) is 0 Å². The van der Waals surface area contributed by atoms with Crippen molar-refractivity contribution >= 4 is 5.91 Å². The molecule has 0 spiro atoms. The van der Waals surface area contributed by atoms with Gasteiger partial charge in [0, 0.05) is 0 Å². The van der Waals surface area contributed by atoms with Crippen LogP contribution in [-0.4, -0.2) is 28.8 Å². The molecular formula is C7H15NO3. The normalized spacial score (nSPS) is 10.8. The van der Waals surface area contributed by atoms with Gasteiger partial charge in [-0.05, 0) is 12.5 Å². The summed E-state index contributed by atoms with van der Waals surface area (Å²) in [6.45, 7) is 4.79. The van der Waals surface area contributed by atoms with E-state index in [1.165, 1.54) is 0 Å². The Morgan fingerprint density at radius 3 is 2.18 bits per heavy atom. The first kappa shape index (κ1) is 12.8. The zero-order chi connectivity index (χ0) is 9.28. The minimum absolute atomic E-state index is 0.115. The molecule has 0 saturated carbocycles. The van der Waals surface area contributed by atoms with Crippen LogP contribution >= 0.6 is 0 Å². The molecule has 0 fully saturated rings. The fraction of sp³-hybridized carbons (Fsp3) is 0.571. The summed E-state index contributed by atoms with van der Waals surface area (Å²) in [6, 6.07) is 0. The Labute approximate surface area is 66.3 Å². The first-order valence-electron chi connectivity index (χ1n) is 3.29. The molecule has 0 rings (SSSR count). The van der Waals surface area contributed by atoms with E-state index >= 15 is 0 Å². The van der Waals surface area contributed by atoms with Crippen LogP contribution in [-0.2, 0) is 4.79 Å². The topological polar surface area (TPSA) is 83.6 Å². The summed E-state index contributed by atoms with van der Waals surface area (Å²) in [7, 11) is 0. The third kappa shape index (κ3) is 17.6. The average molecular weight is 161 g/mol. The summed E-state index contributed by atoms with van der Waals surface area (Å²) in [5.74, 6) is -0.481. The molecule has 4 heteroatoms. The zero-order valence-electron chi connectivity index (χ0n) is 6.66. The summed E-state index contributed by atoms with van der Waals surface area (Å²) in [5, 5.41) is 16.5. The number of primary amides is 1. The summed E-state index contributed by atoms with van der Waals surface area (Å²) >= 11 is 0. The maximum absolute atomic E-state index is 9.47. The minimum Gasteiger partial charge on any atom is -0.394 e. The van der Waals surface area contributed by atoms with Crippen molar-refractivity contribution < 1.29 is 15.0 Å². The van der Waals surface area contributed by atoms with Crippen LogP contribution < -0.4 is 5.73 Å². The van der Waals surface area contributed by atoms with Crippen molar-refractivity contribution in [1.29, 1.82) is 0 Å². The summed E-state index contributed by atoms with van der Waals surface area (Å²) in [6.07, 6.45) is 1.18. The quantitative estimate of drug-likeness (QED) is 0.484. The van der Waals surface area contributed by atoms with Gasteiger partial charge in [-0.3, -0.25) is 4.79 Å². The van der Waals surface area contributed by atoms with Crippen molar-refractivity contribution in [2.75, 3.05) is 6.61 Å². The molecule has 0 aromatic heterocycles. The van der Waals surface area contributed by atoms with Crippen LogP contribution in [0.5, 0.6) is 0 Å². The van der Waals surface area contributed by atoms with E-state index in [0.29, 0.717) is 6.42 Å². The van der Waals surface area contributed by atoms with Crippen molar-refractivity contribution in [3.63, 3.8) is 0 Å². The molecule has 1 unspecified atom stereocenters. The van der Waals surface area contributed by atoms with Crippen LogP contribution in [0.15, 0.2) is 12.7 Å². The molecule has 0 bridgehead atoms. The summed E-state index contributed by atoms with van der Waals surface area (Å²) in [5.41, 5.74) is 4.53. The molecule has 0 aromatic rings. The van der Waals surface area contributed by atoms with Gasteiger partial charge < -0.3 is 15.9 Å². The Bertz CT molecular complexity index is 110. The summed E-state index contributed by atoms with van der Waals surface area (Å²) < 4.78 is 0. The van der Waals surface area contributed by atoms with Gasteiger partial charge in [0.1, 0.15) is 0 Å². The van der Waals surface area contributed by atoms with Gasteiger partial charge in [0.25, 0.3) is 0 Å². The zero-order valence-corrected chi connectivity index (χ0v) is 6.66. The number of carbonyl (C=O) groups is 1. The minimum atomic E-state index is -0.509. The van der Waals surface area contributed by atoms with E-state index in [1.54, 1.807) is 0 Å². The Kier molecular flexibility index (Phi) is 10.6. The molecule has 4 nitrogen and oxygen atoms in total. The molecule has 1 atom stereocenters. The standard InChI is InChI=1S/C4H10O2.C3H5NO/c1-2-4(6)3-5;1-2-3(4)5/h4-6H,2-3H2,1H3;2H,1H2,(H2,4,5). The highest BCUT2D eigenvalue weighted by Crippen LogP contribution is 1.83. The predicted octanol–water partition coefficient (Wildman–Crippen LogP) is -0.593. The molecule has 0 saturated heterocycles. The lowest BCUT2D eigenvalue weighted by atomic mass is 10.3. The number of aliphatic hydroxyl groups is 2. The van der Waals surface area contributed by atoms with Crippen molar-refractivity contribution in [2.45, 2.75) is 19.4 Å². The van der Waals surface area contributed by atoms with Gasteiger partial charge in [0.15, 0.2) is 0 Å². The Hall–Kier alpha value is -0.870. The second kappa shape index (κ2) is 9.13. The molecule has 66 valence electrons. The second-order valence-corrected chi connectivity index (χ2v) is 1.85. The van der Waals surface area contributed by atoms with Crippen molar-refractivity contribution in [2.24, 2.45) is 5.73 Å².